The SMILES string of the molecule is O=C(COc1ccc(Cl)cc1)N1CCN=C1SCc1ccccc1Cl. The number of benzene rings is 2. The van der Waals surface area contributed by atoms with Crippen molar-refractivity contribution in [2.24, 2.45) is 4.99 Å². The van der Waals surface area contributed by atoms with Gasteiger partial charge in [0.25, 0.3) is 5.91 Å². The summed E-state index contributed by atoms with van der Waals surface area (Å²) in [6.07, 6.45) is 0. The van der Waals surface area contributed by atoms with Crippen LogP contribution >= 0.6 is 35.0 Å². The van der Waals surface area contributed by atoms with Crippen molar-refractivity contribution in [1.29, 1.82) is 0 Å². The van der Waals surface area contributed by atoms with E-state index in [1.54, 1.807) is 29.2 Å². The Bertz CT molecular complexity index is 781. The molecule has 0 saturated carbocycles. The van der Waals surface area contributed by atoms with E-state index >= 15 is 0 Å². The minimum Gasteiger partial charge on any atom is -0.484 e. The van der Waals surface area contributed by atoms with Crippen LogP contribution in [0.5, 0.6) is 5.75 Å². The molecule has 1 aliphatic rings. The first-order valence-corrected chi connectivity index (χ1v) is 9.47. The summed E-state index contributed by atoms with van der Waals surface area (Å²) in [4.78, 5) is 18.5. The number of thioether (sulfide) groups is 1. The van der Waals surface area contributed by atoms with Crippen molar-refractivity contribution in [2.75, 3.05) is 19.7 Å². The molecule has 0 atom stereocenters. The molecule has 7 heteroatoms. The third-order valence-corrected chi connectivity index (χ3v) is 5.28. The maximum atomic E-state index is 12.4. The fraction of sp³-hybridized carbons (Fsp3) is 0.222. The highest BCUT2D eigenvalue weighted by molar-refractivity contribution is 8.13. The van der Waals surface area contributed by atoms with Gasteiger partial charge in [-0.25, -0.2) is 0 Å². The van der Waals surface area contributed by atoms with E-state index in [2.05, 4.69) is 4.99 Å². The number of ether oxygens (including phenoxy) is 1. The zero-order valence-corrected chi connectivity index (χ0v) is 15.7. The Morgan fingerprint density at radius 3 is 2.68 bits per heavy atom. The number of nitrogens with zero attached hydrogens (tertiary/aromatic N) is 2. The molecule has 0 saturated heterocycles. The topological polar surface area (TPSA) is 41.9 Å². The fourth-order valence-corrected chi connectivity index (χ4v) is 3.77. The maximum Gasteiger partial charge on any atom is 0.266 e. The van der Waals surface area contributed by atoms with Gasteiger partial charge in [-0.1, -0.05) is 53.2 Å². The van der Waals surface area contributed by atoms with Crippen molar-refractivity contribution >= 4 is 46.0 Å². The normalized spacial score (nSPS) is 13.7. The van der Waals surface area contributed by atoms with Crippen LogP contribution in [0, 0.1) is 0 Å². The zero-order chi connectivity index (χ0) is 17.6. The van der Waals surface area contributed by atoms with Crippen LogP contribution in [0.15, 0.2) is 53.5 Å². The van der Waals surface area contributed by atoms with Crippen molar-refractivity contribution in [3.05, 3.63) is 64.1 Å². The van der Waals surface area contributed by atoms with Crippen LogP contribution in [0.3, 0.4) is 0 Å². The molecule has 0 spiro atoms. The molecule has 0 bridgehead atoms. The van der Waals surface area contributed by atoms with Gasteiger partial charge in [0.05, 0.1) is 6.54 Å². The quantitative estimate of drug-likeness (QED) is 0.749. The Balaban J connectivity index is 1.54. The minimum absolute atomic E-state index is 0.0344. The second-order valence-corrected chi connectivity index (χ2v) is 7.12. The van der Waals surface area contributed by atoms with Gasteiger partial charge in [-0.15, -0.1) is 0 Å². The second-order valence-electron chi connectivity index (χ2n) is 5.33. The second kappa shape index (κ2) is 8.61. The number of amidine groups is 1. The molecular formula is C18H16Cl2N2O2S. The van der Waals surface area contributed by atoms with Crippen molar-refractivity contribution < 1.29 is 9.53 Å². The summed E-state index contributed by atoms with van der Waals surface area (Å²) in [5.74, 6) is 1.16. The van der Waals surface area contributed by atoms with E-state index in [-0.39, 0.29) is 12.5 Å². The predicted octanol–water partition coefficient (Wildman–Crippen LogP) is 4.50. The van der Waals surface area contributed by atoms with Gasteiger partial charge in [0.2, 0.25) is 0 Å². The standard InChI is InChI=1S/C18H16Cl2N2O2S/c19-14-5-7-15(8-6-14)24-11-17(23)22-10-9-21-18(22)25-12-13-3-1-2-4-16(13)20/h1-8H,9-12H2. The molecule has 25 heavy (non-hydrogen) atoms. The number of aliphatic imine (C=N–C) groups is 1. The molecule has 3 rings (SSSR count). The summed E-state index contributed by atoms with van der Waals surface area (Å²) >= 11 is 13.5. The molecular weight excluding hydrogens is 379 g/mol. The summed E-state index contributed by atoms with van der Waals surface area (Å²) < 4.78 is 5.53. The van der Waals surface area contributed by atoms with Crippen LogP contribution in [-0.2, 0) is 10.5 Å². The van der Waals surface area contributed by atoms with E-state index < -0.39 is 0 Å². The van der Waals surface area contributed by atoms with Crippen LogP contribution in [0.4, 0.5) is 0 Å². The van der Waals surface area contributed by atoms with E-state index in [4.69, 9.17) is 27.9 Å². The average molecular weight is 395 g/mol. The van der Waals surface area contributed by atoms with Crippen LogP contribution < -0.4 is 4.74 Å². The molecule has 1 amide bonds. The minimum atomic E-state index is -0.113. The predicted molar refractivity (Wildman–Crippen MR) is 104 cm³/mol. The number of hydrogen-bond donors (Lipinski definition) is 0. The first-order valence-electron chi connectivity index (χ1n) is 7.73. The number of halogens is 2. The van der Waals surface area contributed by atoms with Crippen LogP contribution in [0.25, 0.3) is 0 Å². The highest BCUT2D eigenvalue weighted by Crippen LogP contribution is 2.24. The van der Waals surface area contributed by atoms with Gasteiger partial charge in [-0.2, -0.15) is 0 Å². The highest BCUT2D eigenvalue weighted by Gasteiger charge is 2.24. The number of amides is 1. The molecule has 4 nitrogen and oxygen atoms in total. The number of carbonyl (C=O) groups excluding carboxylic acids is 1. The van der Waals surface area contributed by atoms with Gasteiger partial charge in [-0.3, -0.25) is 14.7 Å². The molecule has 0 radical (unpaired) electrons. The largest absolute Gasteiger partial charge is 0.484 e. The maximum absolute atomic E-state index is 12.4. The average Bonchev–Trinajstić information content (AvgIpc) is 3.09. The van der Waals surface area contributed by atoms with Crippen LogP contribution in [0.1, 0.15) is 5.56 Å². The zero-order valence-electron chi connectivity index (χ0n) is 13.3. The Hall–Kier alpha value is -1.69. The number of hydrogen-bond acceptors (Lipinski definition) is 4. The monoisotopic (exact) mass is 394 g/mol. The third kappa shape index (κ3) is 4.91. The first-order chi connectivity index (χ1) is 12.1. The lowest BCUT2D eigenvalue weighted by Crippen LogP contribution is -2.36. The Morgan fingerprint density at radius 1 is 1.16 bits per heavy atom. The molecule has 1 heterocycles. The highest BCUT2D eigenvalue weighted by atomic mass is 35.5. The molecule has 0 fully saturated rings. The van der Waals surface area contributed by atoms with Gasteiger partial charge in [0.1, 0.15) is 5.75 Å². The summed E-state index contributed by atoms with van der Waals surface area (Å²) in [5.41, 5.74) is 1.02. The third-order valence-electron chi connectivity index (χ3n) is 3.59. The van der Waals surface area contributed by atoms with Gasteiger partial charge in [-0.05, 0) is 35.9 Å². The van der Waals surface area contributed by atoms with Crippen molar-refractivity contribution in [3.8, 4) is 5.75 Å². The van der Waals surface area contributed by atoms with Crippen molar-refractivity contribution in [3.63, 3.8) is 0 Å². The van der Waals surface area contributed by atoms with Crippen LogP contribution in [0.2, 0.25) is 10.0 Å². The molecule has 0 aliphatic carbocycles. The van der Waals surface area contributed by atoms with E-state index in [0.717, 1.165) is 10.6 Å². The molecule has 2 aromatic rings. The van der Waals surface area contributed by atoms with Gasteiger partial charge >= 0.3 is 0 Å². The lowest BCUT2D eigenvalue weighted by Gasteiger charge is -2.18. The summed E-state index contributed by atoms with van der Waals surface area (Å²) in [6, 6.07) is 14.6. The van der Waals surface area contributed by atoms with E-state index in [1.807, 2.05) is 24.3 Å². The number of rotatable bonds is 5. The Kier molecular flexibility index (Phi) is 6.24. The summed E-state index contributed by atoms with van der Waals surface area (Å²) in [6.45, 7) is 1.15. The van der Waals surface area contributed by atoms with Gasteiger partial charge in [0, 0.05) is 22.3 Å². The van der Waals surface area contributed by atoms with Crippen LogP contribution in [-0.4, -0.2) is 35.7 Å². The van der Waals surface area contributed by atoms with Gasteiger partial charge < -0.3 is 4.74 Å². The first kappa shape index (κ1) is 18.1. The van der Waals surface area contributed by atoms with E-state index in [0.29, 0.717) is 34.8 Å². The molecule has 0 N–H and O–H groups in total. The molecule has 0 aromatic heterocycles. The molecule has 1 aliphatic heterocycles. The molecule has 2 aromatic carbocycles. The lowest BCUT2D eigenvalue weighted by atomic mass is 10.2. The Morgan fingerprint density at radius 2 is 1.92 bits per heavy atom. The van der Waals surface area contributed by atoms with E-state index in [9.17, 15) is 4.79 Å². The molecule has 130 valence electrons. The Labute approximate surface area is 160 Å². The van der Waals surface area contributed by atoms with Crippen molar-refractivity contribution in [2.45, 2.75) is 5.75 Å². The molecule has 0 unspecified atom stereocenters. The smallest absolute Gasteiger partial charge is 0.266 e. The van der Waals surface area contributed by atoms with Crippen molar-refractivity contribution in [1.82, 2.24) is 4.90 Å². The number of carbonyl (C=O) groups is 1. The van der Waals surface area contributed by atoms with Gasteiger partial charge in [0.15, 0.2) is 11.8 Å². The lowest BCUT2D eigenvalue weighted by molar-refractivity contribution is -0.128. The fourth-order valence-electron chi connectivity index (χ4n) is 2.29. The van der Waals surface area contributed by atoms with E-state index in [1.165, 1.54) is 11.8 Å². The summed E-state index contributed by atoms with van der Waals surface area (Å²) in [7, 11) is 0. The summed E-state index contributed by atoms with van der Waals surface area (Å²) in [5, 5.41) is 2.06.